The summed E-state index contributed by atoms with van der Waals surface area (Å²) in [5, 5.41) is 0. The monoisotopic (exact) mass is 389 g/mol. The highest BCUT2D eigenvalue weighted by Crippen LogP contribution is 2.16. The van der Waals surface area contributed by atoms with Gasteiger partial charge < -0.3 is 4.74 Å². The highest BCUT2D eigenvalue weighted by atomic mass is 127. The van der Waals surface area contributed by atoms with Crippen molar-refractivity contribution in [1.29, 1.82) is 0 Å². The van der Waals surface area contributed by atoms with E-state index in [0.29, 0.717) is 6.61 Å². The molecule has 0 amide bonds. The summed E-state index contributed by atoms with van der Waals surface area (Å²) in [7, 11) is 0. The zero-order valence-corrected chi connectivity index (χ0v) is 12.1. The van der Waals surface area contributed by atoms with Gasteiger partial charge in [-0.2, -0.15) is 0 Å². The second-order valence-corrected chi connectivity index (χ2v) is 5.38. The molecule has 0 aliphatic heterocycles. The minimum Gasteiger partial charge on any atom is -0.487 e. The largest absolute Gasteiger partial charge is 0.487 e. The number of ether oxygens (including phenoxy) is 1. The predicted molar refractivity (Wildman–Crippen MR) is 75.4 cm³/mol. The van der Waals surface area contributed by atoms with Crippen LogP contribution in [0.3, 0.4) is 0 Å². The summed E-state index contributed by atoms with van der Waals surface area (Å²) in [4.78, 5) is 4.24. The zero-order chi connectivity index (χ0) is 11.4. The van der Waals surface area contributed by atoms with E-state index in [1.54, 1.807) is 6.20 Å². The minimum absolute atomic E-state index is 0.493. The fraction of sp³-hybridized carbons (Fsp3) is 0.0833. The van der Waals surface area contributed by atoms with Crippen molar-refractivity contribution in [1.82, 2.24) is 4.98 Å². The number of benzene rings is 1. The molecule has 0 fully saturated rings. The van der Waals surface area contributed by atoms with E-state index in [4.69, 9.17) is 4.74 Å². The second-order valence-electron chi connectivity index (χ2n) is 3.21. The third-order valence-corrected chi connectivity index (χ3v) is 3.11. The highest BCUT2D eigenvalue weighted by Gasteiger charge is 1.97. The van der Waals surface area contributed by atoms with Gasteiger partial charge in [-0.25, -0.2) is 0 Å². The number of nitrogens with zero attached hydrogens (tertiary/aromatic N) is 1. The Morgan fingerprint density at radius 3 is 2.81 bits per heavy atom. The van der Waals surface area contributed by atoms with Crippen molar-refractivity contribution < 1.29 is 4.74 Å². The molecule has 16 heavy (non-hydrogen) atoms. The van der Waals surface area contributed by atoms with Gasteiger partial charge in [0, 0.05) is 14.2 Å². The summed E-state index contributed by atoms with van der Waals surface area (Å²) in [6.45, 7) is 0.493. The van der Waals surface area contributed by atoms with Crippen LogP contribution < -0.4 is 4.74 Å². The topological polar surface area (TPSA) is 22.1 Å². The molecule has 0 unspecified atom stereocenters. The summed E-state index contributed by atoms with van der Waals surface area (Å²) in [6.07, 6.45) is 1.77. The van der Waals surface area contributed by atoms with E-state index < -0.39 is 0 Å². The Labute approximate surface area is 116 Å². The minimum atomic E-state index is 0.493. The molecule has 1 heterocycles. The van der Waals surface area contributed by atoms with E-state index >= 15 is 0 Å². The van der Waals surface area contributed by atoms with E-state index in [9.17, 15) is 0 Å². The Kier molecular flexibility index (Phi) is 4.17. The van der Waals surface area contributed by atoms with E-state index in [1.807, 2.05) is 36.4 Å². The lowest BCUT2D eigenvalue weighted by Crippen LogP contribution is -1.97. The first-order valence-corrected chi connectivity index (χ1v) is 6.60. The molecular weight excluding hydrogens is 381 g/mol. The molecule has 1 aromatic heterocycles. The Morgan fingerprint density at radius 2 is 2.12 bits per heavy atom. The molecule has 82 valence electrons. The molecule has 0 N–H and O–H groups in total. The maximum absolute atomic E-state index is 5.63. The van der Waals surface area contributed by atoms with Gasteiger partial charge >= 0.3 is 0 Å². The molecule has 4 heteroatoms. The molecule has 0 spiro atoms. The summed E-state index contributed by atoms with van der Waals surface area (Å²) in [5.74, 6) is 0.872. The lowest BCUT2D eigenvalue weighted by Gasteiger charge is -2.05. The maximum atomic E-state index is 5.63. The first-order valence-electron chi connectivity index (χ1n) is 4.73. The number of halogens is 2. The van der Waals surface area contributed by atoms with Crippen LogP contribution in [-0.2, 0) is 6.61 Å². The van der Waals surface area contributed by atoms with Crippen LogP contribution in [0.15, 0.2) is 47.1 Å². The SMILES string of the molecule is Brc1ccc(COc2cccc(I)c2)nc1. The van der Waals surface area contributed by atoms with Crippen LogP contribution >= 0.6 is 38.5 Å². The molecule has 2 nitrogen and oxygen atoms in total. The number of rotatable bonds is 3. The standard InChI is InChI=1S/C12H9BrINO/c13-9-4-5-11(15-7-9)8-16-12-3-1-2-10(14)6-12/h1-7H,8H2. The van der Waals surface area contributed by atoms with Gasteiger partial charge in [0.1, 0.15) is 12.4 Å². The molecule has 0 aliphatic rings. The van der Waals surface area contributed by atoms with Gasteiger partial charge in [0.15, 0.2) is 0 Å². The number of hydrogen-bond donors (Lipinski definition) is 0. The van der Waals surface area contributed by atoms with Crippen LogP contribution in [0.1, 0.15) is 5.69 Å². The average molecular weight is 390 g/mol. The molecular formula is C12H9BrINO. The molecule has 2 aromatic rings. The molecule has 1 aromatic carbocycles. The lowest BCUT2D eigenvalue weighted by molar-refractivity contribution is 0.301. The van der Waals surface area contributed by atoms with Gasteiger partial charge in [-0.05, 0) is 68.9 Å². The summed E-state index contributed by atoms with van der Waals surface area (Å²) in [6, 6.07) is 11.9. The molecule has 2 rings (SSSR count). The fourth-order valence-corrected chi connectivity index (χ4v) is 1.95. The molecule has 0 aliphatic carbocycles. The lowest BCUT2D eigenvalue weighted by atomic mass is 10.3. The van der Waals surface area contributed by atoms with Crippen molar-refractivity contribution in [3.63, 3.8) is 0 Å². The van der Waals surface area contributed by atoms with E-state index in [0.717, 1.165) is 15.9 Å². The van der Waals surface area contributed by atoms with E-state index in [-0.39, 0.29) is 0 Å². The van der Waals surface area contributed by atoms with Gasteiger partial charge in [0.25, 0.3) is 0 Å². The van der Waals surface area contributed by atoms with Crippen molar-refractivity contribution in [2.24, 2.45) is 0 Å². The average Bonchev–Trinajstić information content (AvgIpc) is 2.28. The third kappa shape index (κ3) is 3.45. The number of hydrogen-bond acceptors (Lipinski definition) is 2. The van der Waals surface area contributed by atoms with Gasteiger partial charge in [-0.3, -0.25) is 4.98 Å². The third-order valence-electron chi connectivity index (χ3n) is 1.97. The zero-order valence-electron chi connectivity index (χ0n) is 8.36. The fourth-order valence-electron chi connectivity index (χ4n) is 1.21. The summed E-state index contributed by atoms with van der Waals surface area (Å²) in [5.41, 5.74) is 0.919. The smallest absolute Gasteiger partial charge is 0.130 e. The van der Waals surface area contributed by atoms with Crippen molar-refractivity contribution in [2.75, 3.05) is 0 Å². The van der Waals surface area contributed by atoms with Gasteiger partial charge in [0.2, 0.25) is 0 Å². The van der Waals surface area contributed by atoms with Gasteiger partial charge in [-0.15, -0.1) is 0 Å². The molecule has 0 bridgehead atoms. The summed E-state index contributed by atoms with van der Waals surface area (Å²) >= 11 is 5.61. The van der Waals surface area contributed by atoms with Crippen molar-refractivity contribution >= 4 is 38.5 Å². The first-order chi connectivity index (χ1) is 7.74. The number of aromatic nitrogens is 1. The summed E-state index contributed by atoms with van der Waals surface area (Å²) < 4.78 is 7.77. The quantitative estimate of drug-likeness (QED) is 0.739. The molecule has 0 saturated carbocycles. The molecule has 0 saturated heterocycles. The van der Waals surface area contributed by atoms with Crippen LogP contribution in [0.4, 0.5) is 0 Å². The van der Waals surface area contributed by atoms with E-state index in [2.05, 4.69) is 43.5 Å². The van der Waals surface area contributed by atoms with E-state index in [1.165, 1.54) is 3.57 Å². The number of pyridine rings is 1. The van der Waals surface area contributed by atoms with Crippen LogP contribution in [0, 0.1) is 3.57 Å². The van der Waals surface area contributed by atoms with Crippen molar-refractivity contribution in [3.05, 3.63) is 56.3 Å². The molecule has 0 radical (unpaired) electrons. The first kappa shape index (κ1) is 11.9. The van der Waals surface area contributed by atoms with Crippen LogP contribution in [0.25, 0.3) is 0 Å². The Morgan fingerprint density at radius 1 is 1.25 bits per heavy atom. The van der Waals surface area contributed by atoms with Crippen molar-refractivity contribution in [2.45, 2.75) is 6.61 Å². The molecule has 0 atom stereocenters. The predicted octanol–water partition coefficient (Wildman–Crippen LogP) is 4.03. The Hall–Kier alpha value is -0.620. The van der Waals surface area contributed by atoms with Crippen molar-refractivity contribution in [3.8, 4) is 5.75 Å². The normalized spacial score (nSPS) is 10.1. The Balaban J connectivity index is 1.99. The second kappa shape index (κ2) is 5.63. The Bertz CT molecular complexity index is 473. The van der Waals surface area contributed by atoms with Crippen LogP contribution in [0.5, 0.6) is 5.75 Å². The van der Waals surface area contributed by atoms with Crippen LogP contribution in [0.2, 0.25) is 0 Å². The van der Waals surface area contributed by atoms with Crippen LogP contribution in [-0.4, -0.2) is 4.98 Å². The highest BCUT2D eigenvalue weighted by molar-refractivity contribution is 14.1. The van der Waals surface area contributed by atoms with Gasteiger partial charge in [-0.1, -0.05) is 6.07 Å². The maximum Gasteiger partial charge on any atom is 0.130 e. The van der Waals surface area contributed by atoms with Gasteiger partial charge in [0.05, 0.1) is 5.69 Å².